The van der Waals surface area contributed by atoms with Crippen LogP contribution in [0.3, 0.4) is 0 Å². The first-order valence-electron chi connectivity index (χ1n) is 12.2. The first-order chi connectivity index (χ1) is 17.8. The van der Waals surface area contributed by atoms with Gasteiger partial charge in [-0.25, -0.2) is 0 Å². The predicted molar refractivity (Wildman–Crippen MR) is 173 cm³/mol. The van der Waals surface area contributed by atoms with Crippen molar-refractivity contribution in [2.45, 2.75) is 58.3 Å². The monoisotopic (exact) mass is 729 g/mol. The van der Waals surface area contributed by atoms with Crippen LogP contribution in [0, 0.1) is 21.3 Å². The zero-order valence-corrected chi connectivity index (χ0v) is 29.3. The quantitative estimate of drug-likeness (QED) is 0.0941. The van der Waals surface area contributed by atoms with Gasteiger partial charge in [0.25, 0.3) is 0 Å². The molecule has 2 aromatic carbocycles. The summed E-state index contributed by atoms with van der Waals surface area (Å²) in [5.74, 6) is 0.462. The van der Waals surface area contributed by atoms with Crippen LogP contribution in [0.5, 0.6) is 0 Å². The summed E-state index contributed by atoms with van der Waals surface area (Å²) in [6.45, 7) is 12.4. The molecule has 0 saturated heterocycles. The number of pyridine rings is 1. The van der Waals surface area contributed by atoms with Crippen molar-refractivity contribution in [3.8, 4) is 0 Å². The van der Waals surface area contributed by atoms with E-state index in [2.05, 4.69) is 44.8 Å². The van der Waals surface area contributed by atoms with E-state index in [-0.39, 0.29) is 48.9 Å². The summed E-state index contributed by atoms with van der Waals surface area (Å²) in [4.78, 5) is 3.91. The van der Waals surface area contributed by atoms with Gasteiger partial charge in [-0.2, -0.15) is 8.42 Å². The van der Waals surface area contributed by atoms with Crippen molar-refractivity contribution in [3.05, 3.63) is 105 Å². The molecule has 0 bridgehead atoms. The second-order valence-electron chi connectivity index (χ2n) is 9.61. The third kappa shape index (κ3) is 8.94. The van der Waals surface area contributed by atoms with E-state index in [1.54, 1.807) is 0 Å². The molecular weight excluding hydrogens is 695 g/mol. The topological polar surface area (TPSA) is 67.3 Å². The molecule has 0 aliphatic carbocycles. The van der Waals surface area contributed by atoms with Gasteiger partial charge in [-0.05, 0) is 61.1 Å². The van der Waals surface area contributed by atoms with Crippen molar-refractivity contribution in [1.29, 1.82) is 0 Å². The second kappa shape index (κ2) is 15.9. The number of halogens is 2. The average Bonchev–Trinajstić information content (AvgIpc) is 3.13. The minimum absolute atomic E-state index is 0. The maximum Gasteiger partial charge on any atom is 0.300 e. The zero-order valence-electron chi connectivity index (χ0n) is 23.6. The van der Waals surface area contributed by atoms with E-state index < -0.39 is 18.0 Å². The molecule has 4 aromatic rings. The molecule has 0 spiro atoms. The Morgan fingerprint density at radius 3 is 1.55 bits per heavy atom. The minimum atomic E-state index is -4.55. The zero-order chi connectivity index (χ0) is 28.2. The normalized spacial score (nSPS) is 11.1. The number of hydrogen-bond acceptors (Lipinski definition) is 4. The maximum absolute atomic E-state index is 12.3. The van der Waals surface area contributed by atoms with Crippen molar-refractivity contribution in [1.82, 2.24) is 4.98 Å². The number of hydrogen-bond donors (Lipinski definition) is 1. The van der Waals surface area contributed by atoms with Gasteiger partial charge in [-0.15, -0.1) is 11.3 Å². The number of benzene rings is 2. The summed E-state index contributed by atoms with van der Waals surface area (Å²) in [5, 5.41) is 2.53. The molecule has 0 radical (unpaired) electrons. The van der Waals surface area contributed by atoms with E-state index >= 15 is 0 Å². The molecule has 2 heterocycles. The van der Waals surface area contributed by atoms with Crippen LogP contribution in [0.2, 0.25) is 8.67 Å². The van der Waals surface area contributed by atoms with E-state index in [0.717, 1.165) is 44.5 Å². The standard InChI is InChI=1S/C22H23Cl2O3PS2.C7H9N.CH3.Pd/c1-13(2)15-9-5-7-11-17(15)28(18-12-8-6-10-16(18)14(3)4)19-20(30(25,26)27)22(24)29-21(19)23;1-6-4-3-5-7(2)8-6;;/h5-14H,1-4H3,(H,25,26,27);3-5H,1-2H3;1H3;/q;;-1;/p+1. The maximum atomic E-state index is 12.3. The fraction of sp³-hybridized carbons (Fsp3) is 0.267. The van der Waals surface area contributed by atoms with Gasteiger partial charge in [-0.3, -0.25) is 9.54 Å². The Labute approximate surface area is 268 Å². The number of nitrogens with zero attached hydrogens (tertiary/aromatic N) is 1. The van der Waals surface area contributed by atoms with Gasteiger partial charge >= 0.3 is 10.1 Å². The first kappa shape index (κ1) is 36.9. The van der Waals surface area contributed by atoms with Crippen LogP contribution in [-0.2, 0) is 30.5 Å². The van der Waals surface area contributed by atoms with Crippen molar-refractivity contribution >= 4 is 68.5 Å². The number of thiophene rings is 1. The average molecular weight is 731 g/mol. The summed E-state index contributed by atoms with van der Waals surface area (Å²) in [6, 6.07) is 22.1. The summed E-state index contributed by atoms with van der Waals surface area (Å²) < 4.78 is 35.0. The summed E-state index contributed by atoms with van der Waals surface area (Å²) in [7, 11) is -6.44. The number of aromatic nitrogens is 1. The molecule has 10 heteroatoms. The predicted octanol–water partition coefficient (Wildman–Crippen LogP) is 8.19. The third-order valence-corrected chi connectivity index (χ3v) is 12.3. The Balaban J connectivity index is 0.000000690. The Bertz CT molecular complexity index is 1460. The van der Waals surface area contributed by atoms with Crippen LogP contribution in [0.4, 0.5) is 0 Å². The molecule has 2 aromatic heterocycles. The van der Waals surface area contributed by atoms with Gasteiger partial charge in [-0.1, -0.05) is 93.4 Å². The van der Waals surface area contributed by atoms with Crippen LogP contribution >= 0.6 is 42.5 Å². The SMILES string of the molecule is CC(C)c1ccccc1[PH+](c1ccccc1C(C)C)c1c(Cl)sc(Cl)c1S(=O)(=O)O.Cc1cccc(C)n1.[CH3-].[Pd]. The van der Waals surface area contributed by atoms with E-state index in [1.165, 1.54) is 0 Å². The van der Waals surface area contributed by atoms with Crippen LogP contribution in [0.1, 0.15) is 62.0 Å². The van der Waals surface area contributed by atoms with Gasteiger partial charge < -0.3 is 7.43 Å². The molecule has 1 N–H and O–H groups in total. The van der Waals surface area contributed by atoms with E-state index in [0.29, 0.717) is 9.64 Å². The van der Waals surface area contributed by atoms with Crippen LogP contribution in [0.25, 0.3) is 0 Å². The molecule has 4 rings (SSSR count). The Morgan fingerprint density at radius 1 is 0.775 bits per heavy atom. The molecule has 40 heavy (non-hydrogen) atoms. The molecular formula is C30H36Cl2NO3PPdS2. The molecule has 0 unspecified atom stereocenters. The fourth-order valence-corrected chi connectivity index (χ4v) is 11.9. The smallest absolute Gasteiger partial charge is 0.300 e. The fourth-order valence-electron chi connectivity index (χ4n) is 4.36. The van der Waals surface area contributed by atoms with Crippen LogP contribution in [-0.4, -0.2) is 18.0 Å². The molecule has 0 aliphatic heterocycles. The van der Waals surface area contributed by atoms with Gasteiger partial charge in [0.2, 0.25) is 0 Å². The van der Waals surface area contributed by atoms with Gasteiger partial charge in [0.15, 0.2) is 10.2 Å². The molecule has 0 atom stereocenters. The van der Waals surface area contributed by atoms with Crippen molar-refractivity contribution in [2.75, 3.05) is 0 Å². The molecule has 220 valence electrons. The largest absolute Gasteiger partial charge is 0.358 e. The third-order valence-electron chi connectivity index (χ3n) is 6.02. The van der Waals surface area contributed by atoms with Gasteiger partial charge in [0.1, 0.15) is 27.2 Å². The molecule has 0 aliphatic rings. The van der Waals surface area contributed by atoms with Crippen LogP contribution < -0.4 is 15.9 Å². The molecule has 0 amide bonds. The first-order valence-corrected chi connectivity index (χ1v) is 16.8. The van der Waals surface area contributed by atoms with Crippen molar-refractivity contribution in [3.63, 3.8) is 0 Å². The minimum Gasteiger partial charge on any atom is -0.358 e. The van der Waals surface area contributed by atoms with Gasteiger partial charge in [0, 0.05) is 31.8 Å². The van der Waals surface area contributed by atoms with Gasteiger partial charge in [0.05, 0.1) is 0 Å². The summed E-state index contributed by atoms with van der Waals surface area (Å²) in [6.07, 6.45) is 0. The Morgan fingerprint density at radius 2 is 1.20 bits per heavy atom. The number of aryl methyl sites for hydroxylation is 2. The number of rotatable bonds is 6. The Kier molecular flexibility index (Phi) is 14.7. The van der Waals surface area contributed by atoms with Crippen LogP contribution in [0.15, 0.2) is 71.6 Å². The summed E-state index contributed by atoms with van der Waals surface area (Å²) >= 11 is 13.9. The van der Waals surface area contributed by atoms with Crippen molar-refractivity contribution in [2.24, 2.45) is 0 Å². The molecule has 4 nitrogen and oxygen atoms in total. The summed E-state index contributed by atoms with van der Waals surface area (Å²) in [5.41, 5.74) is 4.43. The van der Waals surface area contributed by atoms with E-state index in [4.69, 9.17) is 23.2 Å². The molecule has 0 fully saturated rings. The Hall–Kier alpha value is -1.13. The van der Waals surface area contributed by atoms with Crippen molar-refractivity contribution < 1.29 is 33.4 Å². The van der Waals surface area contributed by atoms with E-state index in [9.17, 15) is 13.0 Å². The molecule has 0 saturated carbocycles. The van der Waals surface area contributed by atoms with E-state index in [1.807, 2.05) is 68.4 Å². The second-order valence-corrected chi connectivity index (χ2v) is 15.5.